The van der Waals surface area contributed by atoms with Gasteiger partial charge in [-0.3, -0.25) is 9.59 Å². The number of amides is 2. The molecule has 0 bridgehead atoms. The monoisotopic (exact) mass is 312 g/mol. The Hall–Kier alpha value is -1.76. The molecule has 0 unspecified atom stereocenters. The van der Waals surface area contributed by atoms with Crippen molar-refractivity contribution < 1.29 is 9.59 Å². The number of thiophene rings is 1. The molecule has 4 N–H and O–H groups in total. The number of anilines is 2. The molecule has 1 aromatic rings. The molecular weight excluding hydrogens is 288 g/mol. The third-order valence-electron chi connectivity index (χ3n) is 3.17. The predicted molar refractivity (Wildman–Crippen MR) is 88.3 cm³/mol. The molecule has 0 atom stereocenters. The summed E-state index contributed by atoms with van der Waals surface area (Å²) in [4.78, 5) is 26.7. The number of nitrogens with one attached hydrogen (secondary N) is 2. The maximum absolute atomic E-state index is 12.2. The van der Waals surface area contributed by atoms with Crippen molar-refractivity contribution in [3.8, 4) is 0 Å². The van der Waals surface area contributed by atoms with Gasteiger partial charge >= 0.3 is 0 Å². The number of hydrogen-bond donors (Lipinski definition) is 3. The van der Waals surface area contributed by atoms with Crippen molar-refractivity contribution >= 4 is 33.8 Å². The summed E-state index contributed by atoms with van der Waals surface area (Å²) < 4.78 is 0. The summed E-state index contributed by atoms with van der Waals surface area (Å²) >= 11 is 1.27. The third kappa shape index (κ3) is 3.66. The average Bonchev–Trinajstić information content (AvgIpc) is 2.83. The third-order valence-corrected chi connectivity index (χ3v) is 4.44. The standard InChI is InChI=1S/C14H24N4O2S/c1-5-8-17-13(20)11-10(15)9(12(19)16-4)14(21-11)18(6-2)7-3/h5-8,15H2,1-4H3,(H,16,19)(H,17,20). The molecule has 0 aromatic carbocycles. The molecule has 0 aliphatic heterocycles. The Balaban J connectivity index is 3.29. The van der Waals surface area contributed by atoms with Gasteiger partial charge in [-0.25, -0.2) is 0 Å². The maximum Gasteiger partial charge on any atom is 0.263 e. The number of rotatable bonds is 7. The first-order valence-corrected chi connectivity index (χ1v) is 8.00. The van der Waals surface area contributed by atoms with Gasteiger partial charge in [0.15, 0.2) is 0 Å². The summed E-state index contributed by atoms with van der Waals surface area (Å²) in [6.45, 7) is 8.07. The van der Waals surface area contributed by atoms with Gasteiger partial charge in [0, 0.05) is 26.7 Å². The van der Waals surface area contributed by atoms with Crippen LogP contribution in [0.1, 0.15) is 47.2 Å². The van der Waals surface area contributed by atoms with Gasteiger partial charge in [0.05, 0.1) is 11.3 Å². The molecule has 2 amide bonds. The zero-order valence-electron chi connectivity index (χ0n) is 13.1. The molecule has 0 spiro atoms. The van der Waals surface area contributed by atoms with Crippen LogP contribution in [0.25, 0.3) is 0 Å². The van der Waals surface area contributed by atoms with Gasteiger partial charge in [-0.1, -0.05) is 6.92 Å². The largest absolute Gasteiger partial charge is 0.397 e. The van der Waals surface area contributed by atoms with Gasteiger partial charge in [0.25, 0.3) is 11.8 Å². The minimum atomic E-state index is -0.264. The summed E-state index contributed by atoms with van der Waals surface area (Å²) in [5, 5.41) is 6.14. The molecule has 0 fully saturated rings. The first-order valence-electron chi connectivity index (χ1n) is 7.19. The van der Waals surface area contributed by atoms with Crippen LogP contribution < -0.4 is 21.3 Å². The maximum atomic E-state index is 12.2. The Labute approximate surface area is 129 Å². The number of nitrogens with zero attached hydrogens (tertiary/aromatic N) is 1. The fourth-order valence-electron chi connectivity index (χ4n) is 2.00. The summed E-state index contributed by atoms with van der Waals surface area (Å²) in [5.41, 5.74) is 6.72. The zero-order chi connectivity index (χ0) is 16.0. The molecule has 1 aromatic heterocycles. The normalized spacial score (nSPS) is 10.3. The molecule has 6 nitrogen and oxygen atoms in total. The lowest BCUT2D eigenvalue weighted by atomic mass is 10.2. The molecule has 1 heterocycles. The zero-order valence-corrected chi connectivity index (χ0v) is 13.9. The predicted octanol–water partition coefficient (Wildman–Crippen LogP) is 1.68. The SMILES string of the molecule is CCCNC(=O)c1sc(N(CC)CC)c(C(=O)NC)c1N. The molecule has 21 heavy (non-hydrogen) atoms. The van der Waals surface area contributed by atoms with Crippen LogP contribution in [0.4, 0.5) is 10.7 Å². The van der Waals surface area contributed by atoms with Gasteiger partial charge in [0.1, 0.15) is 9.88 Å². The van der Waals surface area contributed by atoms with Gasteiger partial charge in [0.2, 0.25) is 0 Å². The summed E-state index contributed by atoms with van der Waals surface area (Å²) in [6, 6.07) is 0. The highest BCUT2D eigenvalue weighted by molar-refractivity contribution is 7.19. The smallest absolute Gasteiger partial charge is 0.263 e. The molecule has 0 saturated heterocycles. The molecule has 0 aliphatic rings. The van der Waals surface area contributed by atoms with Crippen LogP contribution in [0.2, 0.25) is 0 Å². The lowest BCUT2D eigenvalue weighted by molar-refractivity contribution is 0.0957. The average molecular weight is 312 g/mol. The first-order chi connectivity index (χ1) is 10.0. The van der Waals surface area contributed by atoms with Crippen molar-refractivity contribution in [1.82, 2.24) is 10.6 Å². The fourth-order valence-corrected chi connectivity index (χ4v) is 3.26. The van der Waals surface area contributed by atoms with Crippen LogP contribution in [-0.2, 0) is 0 Å². The molecule has 118 valence electrons. The Morgan fingerprint density at radius 2 is 1.81 bits per heavy atom. The van der Waals surface area contributed by atoms with Crippen molar-refractivity contribution in [2.75, 3.05) is 37.3 Å². The van der Waals surface area contributed by atoms with Crippen LogP contribution >= 0.6 is 11.3 Å². The van der Waals surface area contributed by atoms with E-state index in [4.69, 9.17) is 5.73 Å². The highest BCUT2D eigenvalue weighted by Crippen LogP contribution is 2.38. The Kier molecular flexibility index (Phi) is 6.48. The molecular formula is C14H24N4O2S. The van der Waals surface area contributed by atoms with E-state index in [1.807, 2.05) is 25.7 Å². The lowest BCUT2D eigenvalue weighted by Gasteiger charge is -2.20. The van der Waals surface area contributed by atoms with E-state index in [1.54, 1.807) is 7.05 Å². The van der Waals surface area contributed by atoms with Crippen LogP contribution in [0.3, 0.4) is 0 Å². The molecule has 0 radical (unpaired) electrons. The lowest BCUT2D eigenvalue weighted by Crippen LogP contribution is -2.26. The topological polar surface area (TPSA) is 87.5 Å². The minimum absolute atomic E-state index is 0.220. The number of nitrogens with two attached hydrogens (primary N) is 1. The van der Waals surface area contributed by atoms with Gasteiger partial charge in [-0.2, -0.15) is 0 Å². The van der Waals surface area contributed by atoms with Crippen molar-refractivity contribution in [3.05, 3.63) is 10.4 Å². The number of nitrogen functional groups attached to an aromatic ring is 1. The number of carbonyl (C=O) groups is 2. The number of carbonyl (C=O) groups excluding carboxylic acids is 2. The Morgan fingerprint density at radius 3 is 2.29 bits per heavy atom. The van der Waals surface area contributed by atoms with E-state index < -0.39 is 0 Å². The van der Waals surface area contributed by atoms with E-state index >= 15 is 0 Å². The molecule has 1 rings (SSSR count). The van der Waals surface area contributed by atoms with Crippen LogP contribution in [0.5, 0.6) is 0 Å². The van der Waals surface area contributed by atoms with E-state index in [2.05, 4.69) is 10.6 Å². The molecule has 0 saturated carbocycles. The van der Waals surface area contributed by atoms with Crippen molar-refractivity contribution in [2.24, 2.45) is 0 Å². The van der Waals surface area contributed by atoms with Crippen molar-refractivity contribution in [1.29, 1.82) is 0 Å². The second kappa shape index (κ2) is 7.87. The minimum Gasteiger partial charge on any atom is -0.397 e. The Bertz CT molecular complexity index is 509. The summed E-state index contributed by atoms with van der Waals surface area (Å²) in [6.07, 6.45) is 0.849. The van der Waals surface area contributed by atoms with Gasteiger partial charge < -0.3 is 21.3 Å². The highest BCUT2D eigenvalue weighted by Gasteiger charge is 2.26. The van der Waals surface area contributed by atoms with E-state index in [9.17, 15) is 9.59 Å². The van der Waals surface area contributed by atoms with Crippen molar-refractivity contribution in [2.45, 2.75) is 27.2 Å². The summed E-state index contributed by atoms with van der Waals surface area (Å²) in [5.74, 6) is -0.483. The first kappa shape index (κ1) is 17.3. The van der Waals surface area contributed by atoms with Crippen LogP contribution in [0.15, 0.2) is 0 Å². The van der Waals surface area contributed by atoms with Gasteiger partial charge in [-0.15, -0.1) is 11.3 Å². The second-order valence-electron chi connectivity index (χ2n) is 4.53. The van der Waals surface area contributed by atoms with E-state index in [0.29, 0.717) is 17.0 Å². The Morgan fingerprint density at radius 1 is 1.19 bits per heavy atom. The van der Waals surface area contributed by atoms with Crippen LogP contribution in [0, 0.1) is 0 Å². The van der Waals surface area contributed by atoms with Gasteiger partial charge in [-0.05, 0) is 20.3 Å². The number of hydrogen-bond acceptors (Lipinski definition) is 5. The van der Waals surface area contributed by atoms with E-state index in [1.165, 1.54) is 11.3 Å². The van der Waals surface area contributed by atoms with Crippen LogP contribution in [-0.4, -0.2) is 38.5 Å². The highest BCUT2D eigenvalue weighted by atomic mass is 32.1. The summed E-state index contributed by atoms with van der Waals surface area (Å²) in [7, 11) is 1.56. The van der Waals surface area contributed by atoms with E-state index in [-0.39, 0.29) is 17.5 Å². The fraction of sp³-hybridized carbons (Fsp3) is 0.571. The quantitative estimate of drug-likeness (QED) is 0.715. The molecule has 7 heteroatoms. The van der Waals surface area contributed by atoms with E-state index in [0.717, 1.165) is 24.5 Å². The van der Waals surface area contributed by atoms with Crippen molar-refractivity contribution in [3.63, 3.8) is 0 Å². The molecule has 0 aliphatic carbocycles. The second-order valence-corrected chi connectivity index (χ2v) is 5.53.